The molecular formula is C23H30Cl2FN7O4S. The molecule has 4 rings (SSSR count). The van der Waals surface area contributed by atoms with Gasteiger partial charge in [-0.3, -0.25) is 9.59 Å². The summed E-state index contributed by atoms with van der Waals surface area (Å²) < 4.78 is 33.5. The second-order valence-corrected chi connectivity index (χ2v) is 12.0. The number of aromatic nitrogens is 4. The second-order valence-electron chi connectivity index (χ2n) is 8.94. The van der Waals surface area contributed by atoms with Gasteiger partial charge in [-0.05, 0) is 55.7 Å². The lowest BCUT2D eigenvalue weighted by molar-refractivity contribution is 0.0935. The molecule has 2 aromatic heterocycles. The smallest absolute Gasteiger partial charge is 0.270 e. The van der Waals surface area contributed by atoms with Gasteiger partial charge >= 0.3 is 0 Å². The molecule has 0 unspecified atom stereocenters. The number of aryl methyl sites for hydroxylation is 1. The molecule has 208 valence electrons. The van der Waals surface area contributed by atoms with Gasteiger partial charge in [-0.1, -0.05) is 12.1 Å². The second kappa shape index (κ2) is 13.8. The number of fused-ring (bicyclic) bond motifs is 1. The van der Waals surface area contributed by atoms with Gasteiger partial charge in [-0.15, -0.1) is 12.4 Å². The first-order valence-electron chi connectivity index (χ1n) is 11.6. The van der Waals surface area contributed by atoms with E-state index in [-0.39, 0.29) is 53.9 Å². The molecule has 0 bridgehead atoms. The molecular weight excluding hydrogens is 560 g/mol. The maximum atomic E-state index is 13.4. The van der Waals surface area contributed by atoms with E-state index in [1.165, 1.54) is 23.0 Å². The summed E-state index contributed by atoms with van der Waals surface area (Å²) in [4.78, 5) is 33.8. The molecule has 1 aromatic carbocycles. The summed E-state index contributed by atoms with van der Waals surface area (Å²) in [5.41, 5.74) is 7.44. The lowest BCUT2D eigenvalue weighted by Gasteiger charge is -2.26. The predicted octanol–water partition coefficient (Wildman–Crippen LogP) is 2.36. The first-order valence-corrected chi connectivity index (χ1v) is 14.3. The molecule has 3 aromatic rings. The van der Waals surface area contributed by atoms with Crippen LogP contribution >= 0.6 is 23.1 Å². The van der Waals surface area contributed by atoms with Gasteiger partial charge in [0.1, 0.15) is 23.5 Å². The number of rotatable bonds is 6. The van der Waals surface area contributed by atoms with Crippen molar-refractivity contribution in [1.29, 1.82) is 0 Å². The van der Waals surface area contributed by atoms with Crippen molar-refractivity contribution in [2.45, 2.75) is 45.2 Å². The normalized spacial score (nSPS) is 17.1. The van der Waals surface area contributed by atoms with Crippen molar-refractivity contribution in [3.8, 4) is 0 Å². The lowest BCUT2D eigenvalue weighted by Crippen LogP contribution is -2.35. The summed E-state index contributed by atoms with van der Waals surface area (Å²) in [5, 5.41) is 9.74. The molecule has 2 amide bonds. The molecule has 4 N–H and O–H groups in total. The van der Waals surface area contributed by atoms with Crippen LogP contribution < -0.4 is 16.4 Å². The van der Waals surface area contributed by atoms with Gasteiger partial charge in [0.2, 0.25) is 9.05 Å². The van der Waals surface area contributed by atoms with Gasteiger partial charge in [0.05, 0.1) is 6.26 Å². The van der Waals surface area contributed by atoms with Gasteiger partial charge in [0, 0.05) is 35.9 Å². The zero-order chi connectivity index (χ0) is 27.2. The highest BCUT2D eigenvalue weighted by Gasteiger charge is 2.22. The Morgan fingerprint density at radius 2 is 1.82 bits per heavy atom. The van der Waals surface area contributed by atoms with E-state index >= 15 is 0 Å². The van der Waals surface area contributed by atoms with Gasteiger partial charge in [0.15, 0.2) is 0 Å². The number of nitrogens with zero attached hydrogens (tertiary/aromatic N) is 4. The van der Waals surface area contributed by atoms with Crippen molar-refractivity contribution >= 4 is 49.7 Å². The Balaban J connectivity index is 0.000000774. The van der Waals surface area contributed by atoms with E-state index in [9.17, 15) is 22.4 Å². The first kappa shape index (κ1) is 31.3. The summed E-state index contributed by atoms with van der Waals surface area (Å²) in [5.74, 6) is -0.572. The number of benzene rings is 1. The Bertz CT molecular complexity index is 1370. The number of hydrogen-bond donors (Lipinski definition) is 3. The van der Waals surface area contributed by atoms with Gasteiger partial charge < -0.3 is 16.4 Å². The van der Waals surface area contributed by atoms with Crippen LogP contribution in [0.1, 0.15) is 57.8 Å². The lowest BCUT2D eigenvalue weighted by atomic mass is 9.86. The Morgan fingerprint density at radius 3 is 2.45 bits per heavy atom. The highest BCUT2D eigenvalue weighted by Crippen LogP contribution is 2.22. The van der Waals surface area contributed by atoms with Crippen LogP contribution in [-0.2, 0) is 15.6 Å². The van der Waals surface area contributed by atoms with E-state index in [4.69, 9.17) is 5.73 Å². The Morgan fingerprint density at radius 1 is 1.16 bits per heavy atom. The summed E-state index contributed by atoms with van der Waals surface area (Å²) >= 11 is 0. The Hall–Kier alpha value is -2.87. The molecule has 11 nitrogen and oxygen atoms in total. The maximum Gasteiger partial charge on any atom is 0.270 e. The standard InChI is InChI=1S/C22H26FN7O2.CH3ClO2S.ClH/c1-13-8-15(4-7-17(13)23)11-25-20(31)18-9-19(30-22(29-18)27-12-28-30)21(32)26-10-14-2-5-16(24)6-3-14;1-5(2,3)4;/h4,7-9,12,14,16H,2-3,5-6,10-11,24H2,1H3,(H,25,31)(H,26,32);1H3;1H. The van der Waals surface area contributed by atoms with Gasteiger partial charge in [-0.2, -0.15) is 14.6 Å². The first-order chi connectivity index (χ1) is 17.4. The number of hydrogen-bond acceptors (Lipinski definition) is 8. The van der Waals surface area contributed by atoms with Crippen LogP contribution in [0.4, 0.5) is 4.39 Å². The van der Waals surface area contributed by atoms with E-state index in [2.05, 4.69) is 36.4 Å². The van der Waals surface area contributed by atoms with E-state index in [1.807, 2.05) is 0 Å². The minimum atomic E-state index is -3.19. The Kier molecular flexibility index (Phi) is 11.4. The van der Waals surface area contributed by atoms with Crippen LogP contribution in [0.2, 0.25) is 0 Å². The number of nitrogens with two attached hydrogens (primary N) is 1. The van der Waals surface area contributed by atoms with Crippen molar-refractivity contribution in [3.05, 3.63) is 58.9 Å². The summed E-state index contributed by atoms with van der Waals surface area (Å²) in [7, 11) is 1.31. The molecule has 0 atom stereocenters. The summed E-state index contributed by atoms with van der Waals surface area (Å²) in [6.07, 6.45) is 6.08. The zero-order valence-electron chi connectivity index (χ0n) is 20.9. The third-order valence-corrected chi connectivity index (χ3v) is 5.84. The third kappa shape index (κ3) is 9.46. The average molecular weight is 591 g/mol. The van der Waals surface area contributed by atoms with Crippen molar-refractivity contribution < 1.29 is 22.4 Å². The van der Waals surface area contributed by atoms with Crippen molar-refractivity contribution in [2.24, 2.45) is 11.7 Å². The minimum absolute atomic E-state index is 0. The molecule has 15 heteroatoms. The number of carbonyl (C=O) groups excluding carboxylic acids is 2. The highest BCUT2D eigenvalue weighted by atomic mass is 35.7. The van der Waals surface area contributed by atoms with Crippen LogP contribution in [-0.4, -0.2) is 58.7 Å². The van der Waals surface area contributed by atoms with Crippen LogP contribution in [0.3, 0.4) is 0 Å². The van der Waals surface area contributed by atoms with Crippen LogP contribution in [0, 0.1) is 18.7 Å². The van der Waals surface area contributed by atoms with E-state index in [1.54, 1.807) is 19.1 Å². The fraction of sp³-hybridized carbons (Fsp3) is 0.435. The minimum Gasteiger partial charge on any atom is -0.350 e. The summed E-state index contributed by atoms with van der Waals surface area (Å²) in [6.45, 7) is 2.40. The topological polar surface area (TPSA) is 161 Å². The van der Waals surface area contributed by atoms with Crippen LogP contribution in [0.15, 0.2) is 30.6 Å². The van der Waals surface area contributed by atoms with E-state index in [0.29, 0.717) is 18.0 Å². The van der Waals surface area contributed by atoms with Crippen LogP contribution in [0.5, 0.6) is 0 Å². The third-order valence-electron chi connectivity index (χ3n) is 5.84. The molecule has 1 aliphatic carbocycles. The molecule has 1 fully saturated rings. The molecule has 1 saturated carbocycles. The van der Waals surface area contributed by atoms with Crippen LogP contribution in [0.25, 0.3) is 5.78 Å². The predicted molar refractivity (Wildman–Crippen MR) is 143 cm³/mol. The summed E-state index contributed by atoms with van der Waals surface area (Å²) in [6, 6.07) is 6.28. The fourth-order valence-electron chi connectivity index (χ4n) is 3.90. The van der Waals surface area contributed by atoms with Gasteiger partial charge in [0.25, 0.3) is 17.6 Å². The number of carbonyl (C=O) groups is 2. The van der Waals surface area contributed by atoms with Crippen molar-refractivity contribution in [1.82, 2.24) is 30.2 Å². The number of halogens is 3. The van der Waals surface area contributed by atoms with Crippen molar-refractivity contribution in [2.75, 3.05) is 12.8 Å². The molecule has 2 heterocycles. The monoisotopic (exact) mass is 589 g/mol. The highest BCUT2D eigenvalue weighted by molar-refractivity contribution is 8.13. The number of nitrogens with one attached hydrogen (secondary N) is 2. The Labute approximate surface area is 230 Å². The fourth-order valence-corrected chi connectivity index (χ4v) is 3.90. The molecule has 38 heavy (non-hydrogen) atoms. The van der Waals surface area contributed by atoms with Crippen molar-refractivity contribution in [3.63, 3.8) is 0 Å². The maximum absolute atomic E-state index is 13.4. The SMILES string of the molecule is CS(=O)(=O)Cl.Cc1cc(CNC(=O)c2cc(C(=O)NCC3CCC(N)CC3)n3ncnc3n2)ccc1F.Cl. The van der Waals surface area contributed by atoms with E-state index < -0.39 is 15.0 Å². The molecule has 0 aliphatic heterocycles. The van der Waals surface area contributed by atoms with E-state index in [0.717, 1.165) is 37.5 Å². The van der Waals surface area contributed by atoms with Gasteiger partial charge in [-0.25, -0.2) is 17.8 Å². The largest absolute Gasteiger partial charge is 0.350 e. The molecule has 0 saturated heterocycles. The zero-order valence-corrected chi connectivity index (χ0v) is 23.2. The molecule has 0 spiro atoms. The molecule has 1 aliphatic rings. The molecule has 0 radical (unpaired) electrons. The number of amides is 2. The quantitative estimate of drug-likeness (QED) is 0.369. The average Bonchev–Trinajstić information content (AvgIpc) is 3.31.